The quantitative estimate of drug-likeness (QED) is 0.821. The third-order valence-corrected chi connectivity index (χ3v) is 5.52. The van der Waals surface area contributed by atoms with Crippen LogP contribution in [0.1, 0.15) is 58.1 Å². The highest BCUT2D eigenvalue weighted by Crippen LogP contribution is 2.45. The van der Waals surface area contributed by atoms with Crippen LogP contribution in [-0.4, -0.2) is 28.4 Å². The molecule has 23 heavy (non-hydrogen) atoms. The summed E-state index contributed by atoms with van der Waals surface area (Å²) in [4.78, 5) is 15.7. The SMILES string of the molecule is CC(C)(C)OC(=O)N1CCC[C@@H]1c1cc(N)ccc1SC1CC1. The maximum atomic E-state index is 12.5. The molecule has 2 N–H and O–H groups in total. The Labute approximate surface area is 142 Å². The third-order valence-electron chi connectivity index (χ3n) is 4.09. The number of nitrogen functional groups attached to an aromatic ring is 1. The average molecular weight is 334 g/mol. The largest absolute Gasteiger partial charge is 0.444 e. The fourth-order valence-electron chi connectivity index (χ4n) is 2.93. The van der Waals surface area contributed by atoms with E-state index in [0.717, 1.165) is 30.3 Å². The van der Waals surface area contributed by atoms with Crippen molar-refractivity contribution in [1.82, 2.24) is 4.90 Å². The minimum Gasteiger partial charge on any atom is -0.444 e. The first-order valence-electron chi connectivity index (χ1n) is 8.39. The highest BCUT2D eigenvalue weighted by atomic mass is 32.2. The molecular formula is C18H26N2O2S. The lowest BCUT2D eigenvalue weighted by Gasteiger charge is -2.29. The Bertz CT molecular complexity index is 593. The van der Waals surface area contributed by atoms with Gasteiger partial charge in [-0.2, -0.15) is 0 Å². The summed E-state index contributed by atoms with van der Waals surface area (Å²) in [6, 6.07) is 6.19. The van der Waals surface area contributed by atoms with E-state index in [0.29, 0.717) is 0 Å². The van der Waals surface area contributed by atoms with E-state index in [1.165, 1.54) is 23.3 Å². The Balaban J connectivity index is 1.84. The minimum absolute atomic E-state index is 0.0783. The summed E-state index contributed by atoms with van der Waals surface area (Å²) in [6.45, 7) is 6.47. The number of amides is 1. The zero-order chi connectivity index (χ0) is 16.6. The molecule has 1 heterocycles. The highest BCUT2D eigenvalue weighted by Gasteiger charge is 2.35. The summed E-state index contributed by atoms with van der Waals surface area (Å²) >= 11 is 1.92. The fraction of sp³-hybridized carbons (Fsp3) is 0.611. The first-order valence-corrected chi connectivity index (χ1v) is 9.27. The molecule has 2 fully saturated rings. The zero-order valence-corrected chi connectivity index (χ0v) is 15.0. The number of thioether (sulfide) groups is 1. The van der Waals surface area contributed by atoms with Crippen LogP contribution < -0.4 is 5.73 Å². The normalized spacial score (nSPS) is 21.5. The van der Waals surface area contributed by atoms with Crippen LogP contribution in [0.3, 0.4) is 0 Å². The van der Waals surface area contributed by atoms with Gasteiger partial charge < -0.3 is 15.4 Å². The van der Waals surface area contributed by atoms with Crippen LogP contribution in [0.15, 0.2) is 23.1 Å². The molecule has 1 aromatic rings. The Morgan fingerprint density at radius 2 is 2.04 bits per heavy atom. The number of benzene rings is 1. The topological polar surface area (TPSA) is 55.6 Å². The monoisotopic (exact) mass is 334 g/mol. The molecule has 0 aromatic heterocycles. The number of carbonyl (C=O) groups is 1. The van der Waals surface area contributed by atoms with Gasteiger partial charge in [-0.05, 0) is 70.2 Å². The zero-order valence-electron chi connectivity index (χ0n) is 14.2. The first-order chi connectivity index (χ1) is 10.8. The van der Waals surface area contributed by atoms with Crippen LogP contribution in [0, 0.1) is 0 Å². The Morgan fingerprint density at radius 3 is 2.70 bits per heavy atom. The van der Waals surface area contributed by atoms with E-state index in [4.69, 9.17) is 10.5 Å². The lowest BCUT2D eigenvalue weighted by Crippen LogP contribution is -2.36. The van der Waals surface area contributed by atoms with E-state index in [1.807, 2.05) is 49.6 Å². The second-order valence-electron chi connectivity index (χ2n) is 7.45. The Morgan fingerprint density at radius 1 is 1.30 bits per heavy atom. The van der Waals surface area contributed by atoms with E-state index in [-0.39, 0.29) is 12.1 Å². The molecule has 126 valence electrons. The summed E-state index contributed by atoms with van der Waals surface area (Å²) in [5.41, 5.74) is 7.50. The summed E-state index contributed by atoms with van der Waals surface area (Å²) in [5.74, 6) is 0. The van der Waals surface area contributed by atoms with Crippen LogP contribution in [0.5, 0.6) is 0 Å². The van der Waals surface area contributed by atoms with Gasteiger partial charge in [-0.3, -0.25) is 0 Å². The molecule has 0 bridgehead atoms. The van der Waals surface area contributed by atoms with Gasteiger partial charge in [-0.1, -0.05) is 0 Å². The van der Waals surface area contributed by atoms with E-state index in [9.17, 15) is 4.79 Å². The summed E-state index contributed by atoms with van der Waals surface area (Å²) in [6.07, 6.45) is 4.33. The van der Waals surface area contributed by atoms with Gasteiger partial charge in [0, 0.05) is 22.4 Å². The molecule has 4 nitrogen and oxygen atoms in total. The van der Waals surface area contributed by atoms with Gasteiger partial charge in [-0.15, -0.1) is 11.8 Å². The van der Waals surface area contributed by atoms with Crippen LogP contribution in [0.25, 0.3) is 0 Å². The third kappa shape index (κ3) is 4.14. The van der Waals surface area contributed by atoms with Crippen molar-refractivity contribution in [3.8, 4) is 0 Å². The maximum absolute atomic E-state index is 12.5. The van der Waals surface area contributed by atoms with Gasteiger partial charge in [0.25, 0.3) is 0 Å². The maximum Gasteiger partial charge on any atom is 0.410 e. The van der Waals surface area contributed by atoms with Crippen molar-refractivity contribution in [3.05, 3.63) is 23.8 Å². The molecule has 5 heteroatoms. The highest BCUT2D eigenvalue weighted by molar-refractivity contribution is 8.00. The number of likely N-dealkylation sites (tertiary alicyclic amines) is 1. The smallest absolute Gasteiger partial charge is 0.410 e. The van der Waals surface area contributed by atoms with E-state index < -0.39 is 5.60 Å². The average Bonchev–Trinajstić information content (AvgIpc) is 3.12. The van der Waals surface area contributed by atoms with Crippen LogP contribution >= 0.6 is 11.8 Å². The molecule has 1 atom stereocenters. The van der Waals surface area contributed by atoms with Crippen molar-refractivity contribution in [2.75, 3.05) is 12.3 Å². The molecule has 1 saturated carbocycles. The second kappa shape index (κ2) is 6.27. The number of anilines is 1. The number of rotatable bonds is 3. The van der Waals surface area contributed by atoms with Crippen LogP contribution in [0.4, 0.5) is 10.5 Å². The molecule has 1 saturated heterocycles. The lowest BCUT2D eigenvalue weighted by atomic mass is 10.0. The molecular weight excluding hydrogens is 308 g/mol. The van der Waals surface area contributed by atoms with E-state index in [1.54, 1.807) is 0 Å². The molecule has 0 spiro atoms. The van der Waals surface area contributed by atoms with Gasteiger partial charge >= 0.3 is 6.09 Å². The van der Waals surface area contributed by atoms with Gasteiger partial charge in [0.1, 0.15) is 5.60 Å². The lowest BCUT2D eigenvalue weighted by molar-refractivity contribution is 0.0223. The number of nitrogens with zero attached hydrogens (tertiary/aromatic N) is 1. The molecule has 1 aliphatic carbocycles. The Hall–Kier alpha value is -1.36. The van der Waals surface area contributed by atoms with Crippen molar-refractivity contribution in [3.63, 3.8) is 0 Å². The number of carbonyl (C=O) groups excluding carboxylic acids is 1. The molecule has 3 rings (SSSR count). The van der Waals surface area contributed by atoms with Crippen molar-refractivity contribution < 1.29 is 9.53 Å². The predicted molar refractivity (Wildman–Crippen MR) is 94.6 cm³/mol. The number of ether oxygens (including phenoxy) is 1. The molecule has 1 amide bonds. The van der Waals surface area contributed by atoms with Gasteiger partial charge in [-0.25, -0.2) is 4.79 Å². The first kappa shape index (κ1) is 16.5. The van der Waals surface area contributed by atoms with Gasteiger partial charge in [0.05, 0.1) is 6.04 Å². The van der Waals surface area contributed by atoms with Gasteiger partial charge in [0.2, 0.25) is 0 Å². The summed E-state index contributed by atoms with van der Waals surface area (Å²) in [5, 5.41) is 0.730. The van der Waals surface area contributed by atoms with E-state index in [2.05, 4.69) is 6.07 Å². The summed E-state index contributed by atoms with van der Waals surface area (Å²) in [7, 11) is 0. The fourth-order valence-corrected chi connectivity index (χ4v) is 4.14. The number of hydrogen-bond acceptors (Lipinski definition) is 4. The van der Waals surface area contributed by atoms with Crippen molar-refractivity contribution in [1.29, 1.82) is 0 Å². The van der Waals surface area contributed by atoms with Crippen LogP contribution in [-0.2, 0) is 4.74 Å². The predicted octanol–water partition coefficient (Wildman–Crippen LogP) is 4.60. The van der Waals surface area contributed by atoms with Crippen molar-refractivity contribution >= 4 is 23.5 Å². The Kier molecular flexibility index (Phi) is 4.50. The van der Waals surface area contributed by atoms with Crippen molar-refractivity contribution in [2.24, 2.45) is 0 Å². The summed E-state index contributed by atoms with van der Waals surface area (Å²) < 4.78 is 5.59. The molecule has 1 aromatic carbocycles. The van der Waals surface area contributed by atoms with Crippen molar-refractivity contribution in [2.45, 2.75) is 68.2 Å². The molecule has 0 unspecified atom stereocenters. The molecule has 0 radical (unpaired) electrons. The second-order valence-corrected chi connectivity index (χ2v) is 8.79. The standard InChI is InChI=1S/C18H26N2O2S/c1-18(2,3)22-17(21)20-10-4-5-15(20)14-11-12(19)6-9-16(14)23-13-7-8-13/h6,9,11,13,15H,4-5,7-8,10,19H2,1-3H3/t15-/m1/s1. The van der Waals surface area contributed by atoms with Crippen LogP contribution in [0.2, 0.25) is 0 Å². The minimum atomic E-state index is -0.467. The van der Waals surface area contributed by atoms with Gasteiger partial charge in [0.15, 0.2) is 0 Å². The number of nitrogens with two attached hydrogens (primary N) is 1. The number of hydrogen-bond donors (Lipinski definition) is 1. The van der Waals surface area contributed by atoms with E-state index >= 15 is 0 Å². The molecule has 1 aliphatic heterocycles. The molecule has 2 aliphatic rings.